The largest absolute Gasteiger partial charge is 0.385 e. The summed E-state index contributed by atoms with van der Waals surface area (Å²) in [4.78, 5) is 8.71. The summed E-state index contributed by atoms with van der Waals surface area (Å²) >= 11 is 0. The van der Waals surface area contributed by atoms with Gasteiger partial charge in [-0.3, -0.25) is 9.97 Å². The van der Waals surface area contributed by atoms with Crippen LogP contribution in [0.25, 0.3) is 11.0 Å². The van der Waals surface area contributed by atoms with Crippen molar-refractivity contribution in [3.05, 3.63) is 36.2 Å². The van der Waals surface area contributed by atoms with Gasteiger partial charge in [-0.15, -0.1) is 0 Å². The summed E-state index contributed by atoms with van der Waals surface area (Å²) in [5.41, 5.74) is 3.16. The minimum absolute atomic E-state index is 0.321. The molecule has 2 aromatic rings. The van der Waals surface area contributed by atoms with E-state index >= 15 is 0 Å². The molecule has 0 aliphatic rings. The van der Waals surface area contributed by atoms with E-state index in [0.29, 0.717) is 12.0 Å². The predicted octanol–water partition coefficient (Wildman–Crippen LogP) is 2.95. The Bertz CT molecular complexity index is 544. The molecule has 2 rings (SSSR count). The van der Waals surface area contributed by atoms with E-state index in [-0.39, 0.29) is 0 Å². The van der Waals surface area contributed by atoms with Crippen molar-refractivity contribution in [2.75, 3.05) is 20.3 Å². The number of rotatable bonds is 7. The van der Waals surface area contributed by atoms with Crippen LogP contribution in [0.2, 0.25) is 0 Å². The first kappa shape index (κ1) is 14.9. The van der Waals surface area contributed by atoms with Crippen molar-refractivity contribution < 1.29 is 4.74 Å². The Balaban J connectivity index is 2.25. The Morgan fingerprint density at radius 3 is 2.65 bits per heavy atom. The van der Waals surface area contributed by atoms with Crippen LogP contribution in [0.1, 0.15) is 31.9 Å². The van der Waals surface area contributed by atoms with Crippen LogP contribution in [0.5, 0.6) is 0 Å². The first-order valence-electron chi connectivity index (χ1n) is 7.19. The molecule has 2 unspecified atom stereocenters. The Morgan fingerprint density at radius 1 is 1.20 bits per heavy atom. The van der Waals surface area contributed by atoms with Crippen molar-refractivity contribution in [1.29, 1.82) is 0 Å². The maximum absolute atomic E-state index is 5.20. The molecule has 1 aromatic carbocycles. The molecular weight excluding hydrogens is 250 g/mol. The SMILES string of the molecule is CCNC(c1ccc2nccnc2c1)C(C)CCOC. The van der Waals surface area contributed by atoms with Gasteiger partial charge in [0.2, 0.25) is 0 Å². The molecule has 4 heteroatoms. The molecule has 2 atom stereocenters. The summed E-state index contributed by atoms with van der Waals surface area (Å²) in [7, 11) is 1.75. The fourth-order valence-corrected chi connectivity index (χ4v) is 2.51. The number of benzene rings is 1. The molecule has 0 bridgehead atoms. The molecule has 4 nitrogen and oxygen atoms in total. The summed E-state index contributed by atoms with van der Waals surface area (Å²) in [6.45, 7) is 6.13. The maximum Gasteiger partial charge on any atom is 0.0890 e. The summed E-state index contributed by atoms with van der Waals surface area (Å²) in [6, 6.07) is 6.65. The topological polar surface area (TPSA) is 47.0 Å². The van der Waals surface area contributed by atoms with E-state index in [2.05, 4.69) is 41.3 Å². The average Bonchev–Trinajstić information content (AvgIpc) is 2.49. The number of fused-ring (bicyclic) bond motifs is 1. The minimum Gasteiger partial charge on any atom is -0.385 e. The molecule has 0 fully saturated rings. The first-order valence-corrected chi connectivity index (χ1v) is 7.19. The zero-order valence-electron chi connectivity index (χ0n) is 12.5. The quantitative estimate of drug-likeness (QED) is 0.842. The number of methoxy groups -OCH3 is 1. The van der Waals surface area contributed by atoms with Crippen LogP contribution in [0.15, 0.2) is 30.6 Å². The molecule has 20 heavy (non-hydrogen) atoms. The number of hydrogen-bond donors (Lipinski definition) is 1. The summed E-state index contributed by atoms with van der Waals surface area (Å²) in [5, 5.41) is 3.57. The highest BCUT2D eigenvalue weighted by atomic mass is 16.5. The lowest BCUT2D eigenvalue weighted by Gasteiger charge is -2.25. The van der Waals surface area contributed by atoms with E-state index in [1.807, 2.05) is 6.07 Å². The second-order valence-electron chi connectivity index (χ2n) is 5.10. The number of aromatic nitrogens is 2. The van der Waals surface area contributed by atoms with E-state index < -0.39 is 0 Å². The van der Waals surface area contributed by atoms with Crippen LogP contribution in [0.3, 0.4) is 0 Å². The van der Waals surface area contributed by atoms with E-state index in [1.54, 1.807) is 19.5 Å². The van der Waals surface area contributed by atoms with Crippen LogP contribution in [-0.4, -0.2) is 30.2 Å². The molecule has 0 aliphatic heterocycles. The molecule has 1 aromatic heterocycles. The Labute approximate surface area is 120 Å². The van der Waals surface area contributed by atoms with E-state index in [1.165, 1.54) is 5.56 Å². The molecule has 1 heterocycles. The van der Waals surface area contributed by atoms with Crippen LogP contribution in [-0.2, 0) is 4.74 Å². The van der Waals surface area contributed by atoms with Gasteiger partial charge < -0.3 is 10.1 Å². The Kier molecular flexibility index (Phi) is 5.44. The highest BCUT2D eigenvalue weighted by molar-refractivity contribution is 5.74. The van der Waals surface area contributed by atoms with Crippen LogP contribution in [0.4, 0.5) is 0 Å². The molecule has 0 spiro atoms. The molecule has 0 radical (unpaired) electrons. The van der Waals surface area contributed by atoms with Gasteiger partial charge in [0, 0.05) is 32.2 Å². The third kappa shape index (κ3) is 3.52. The van der Waals surface area contributed by atoms with Gasteiger partial charge in [-0.25, -0.2) is 0 Å². The second-order valence-corrected chi connectivity index (χ2v) is 5.10. The smallest absolute Gasteiger partial charge is 0.0890 e. The first-order chi connectivity index (χ1) is 9.76. The van der Waals surface area contributed by atoms with Gasteiger partial charge >= 0.3 is 0 Å². The zero-order valence-corrected chi connectivity index (χ0v) is 12.5. The van der Waals surface area contributed by atoms with Gasteiger partial charge in [0.15, 0.2) is 0 Å². The van der Waals surface area contributed by atoms with Gasteiger partial charge in [-0.2, -0.15) is 0 Å². The molecule has 0 saturated heterocycles. The number of nitrogens with one attached hydrogen (secondary N) is 1. The van der Waals surface area contributed by atoms with Crippen molar-refractivity contribution in [1.82, 2.24) is 15.3 Å². The monoisotopic (exact) mass is 273 g/mol. The highest BCUT2D eigenvalue weighted by Crippen LogP contribution is 2.26. The second kappa shape index (κ2) is 7.31. The van der Waals surface area contributed by atoms with Crippen LogP contribution in [0, 0.1) is 5.92 Å². The van der Waals surface area contributed by atoms with Gasteiger partial charge in [-0.1, -0.05) is 19.9 Å². The van der Waals surface area contributed by atoms with Gasteiger partial charge in [0.05, 0.1) is 11.0 Å². The van der Waals surface area contributed by atoms with Gasteiger partial charge in [0.25, 0.3) is 0 Å². The summed E-state index contributed by atoms with van der Waals surface area (Å²) in [5.74, 6) is 0.504. The number of hydrogen-bond acceptors (Lipinski definition) is 4. The highest BCUT2D eigenvalue weighted by Gasteiger charge is 2.18. The molecule has 0 amide bonds. The fourth-order valence-electron chi connectivity index (χ4n) is 2.51. The van der Waals surface area contributed by atoms with E-state index in [0.717, 1.165) is 30.6 Å². The lowest BCUT2D eigenvalue weighted by atomic mass is 9.91. The minimum atomic E-state index is 0.321. The van der Waals surface area contributed by atoms with Crippen molar-refractivity contribution in [3.63, 3.8) is 0 Å². The Morgan fingerprint density at radius 2 is 1.95 bits per heavy atom. The van der Waals surface area contributed by atoms with Crippen LogP contribution >= 0.6 is 0 Å². The standard InChI is InChI=1S/C16H23N3O/c1-4-17-16(12(2)7-10-20-3)13-5-6-14-15(11-13)19-9-8-18-14/h5-6,8-9,11-12,16-17H,4,7,10H2,1-3H3. The molecule has 108 valence electrons. The lowest BCUT2D eigenvalue weighted by Crippen LogP contribution is -2.27. The van der Waals surface area contributed by atoms with Crippen molar-refractivity contribution >= 4 is 11.0 Å². The zero-order chi connectivity index (χ0) is 14.4. The molecular formula is C16H23N3O. The normalized spacial score (nSPS) is 14.3. The summed E-state index contributed by atoms with van der Waals surface area (Å²) < 4.78 is 5.20. The molecule has 0 aliphatic carbocycles. The third-order valence-corrected chi connectivity index (χ3v) is 3.62. The fraction of sp³-hybridized carbons (Fsp3) is 0.500. The van der Waals surface area contributed by atoms with Crippen molar-refractivity contribution in [2.24, 2.45) is 5.92 Å². The third-order valence-electron chi connectivity index (χ3n) is 3.62. The molecule has 1 N–H and O–H groups in total. The predicted molar refractivity (Wildman–Crippen MR) is 81.6 cm³/mol. The summed E-state index contributed by atoms with van der Waals surface area (Å²) in [6.07, 6.45) is 4.50. The van der Waals surface area contributed by atoms with E-state index in [4.69, 9.17) is 4.74 Å². The van der Waals surface area contributed by atoms with Crippen LogP contribution < -0.4 is 5.32 Å². The van der Waals surface area contributed by atoms with Gasteiger partial charge in [-0.05, 0) is 36.6 Å². The van der Waals surface area contributed by atoms with Gasteiger partial charge in [0.1, 0.15) is 0 Å². The maximum atomic E-state index is 5.20. The average molecular weight is 273 g/mol. The number of nitrogens with zero attached hydrogens (tertiary/aromatic N) is 2. The van der Waals surface area contributed by atoms with Crippen molar-refractivity contribution in [2.45, 2.75) is 26.3 Å². The Hall–Kier alpha value is -1.52. The molecule has 0 saturated carbocycles. The number of ether oxygens (including phenoxy) is 1. The lowest BCUT2D eigenvalue weighted by molar-refractivity contribution is 0.170. The van der Waals surface area contributed by atoms with E-state index in [9.17, 15) is 0 Å². The van der Waals surface area contributed by atoms with Crippen molar-refractivity contribution in [3.8, 4) is 0 Å².